The third-order valence-electron chi connectivity index (χ3n) is 4.99. The van der Waals surface area contributed by atoms with Crippen LogP contribution in [0.4, 0.5) is 0 Å². The quantitative estimate of drug-likeness (QED) is 0.681. The highest BCUT2D eigenvalue weighted by atomic mass is 16.2. The van der Waals surface area contributed by atoms with Gasteiger partial charge in [-0.2, -0.15) is 5.26 Å². The summed E-state index contributed by atoms with van der Waals surface area (Å²) in [6, 6.07) is 2.04. The summed E-state index contributed by atoms with van der Waals surface area (Å²) < 4.78 is 0. The van der Waals surface area contributed by atoms with Crippen LogP contribution in [-0.4, -0.2) is 29.7 Å². The Balaban J connectivity index is 2.51. The summed E-state index contributed by atoms with van der Waals surface area (Å²) in [5.41, 5.74) is -0.592. The highest BCUT2D eigenvalue weighted by Crippen LogP contribution is 2.51. The fraction of sp³-hybridized carbons (Fsp3) is 0.688. The van der Waals surface area contributed by atoms with E-state index in [0.717, 1.165) is 19.4 Å². The third-order valence-corrected chi connectivity index (χ3v) is 4.99. The first-order valence-corrected chi connectivity index (χ1v) is 7.15. The van der Waals surface area contributed by atoms with Crippen LogP contribution in [0.2, 0.25) is 0 Å². The molecule has 1 fully saturated rings. The van der Waals surface area contributed by atoms with Crippen LogP contribution < -0.4 is 0 Å². The molecule has 0 saturated carbocycles. The first-order valence-electron chi connectivity index (χ1n) is 7.15. The van der Waals surface area contributed by atoms with Crippen LogP contribution >= 0.6 is 0 Å². The molecule has 1 aliphatic heterocycles. The molecule has 1 aliphatic carbocycles. The Morgan fingerprint density at radius 2 is 2.10 bits per heavy atom. The monoisotopic (exact) mass is 274 g/mol. The van der Waals surface area contributed by atoms with Crippen LogP contribution in [0.5, 0.6) is 0 Å². The molecule has 2 aliphatic rings. The number of carbonyl (C=O) groups is 2. The molecule has 0 radical (unpaired) electrons. The number of nitrogens with zero attached hydrogens (tertiary/aromatic N) is 2. The number of hydrogen-bond acceptors (Lipinski definition) is 3. The maximum atomic E-state index is 12.4. The molecule has 0 spiro atoms. The fourth-order valence-electron chi connectivity index (χ4n) is 4.00. The Labute approximate surface area is 120 Å². The van der Waals surface area contributed by atoms with E-state index < -0.39 is 5.41 Å². The van der Waals surface area contributed by atoms with E-state index in [0.29, 0.717) is 6.54 Å². The lowest BCUT2D eigenvalue weighted by atomic mass is 9.56. The van der Waals surface area contributed by atoms with Gasteiger partial charge in [0.2, 0.25) is 5.91 Å². The van der Waals surface area contributed by atoms with E-state index in [1.165, 1.54) is 0 Å². The third kappa shape index (κ3) is 2.15. The van der Waals surface area contributed by atoms with Crippen LogP contribution in [0.3, 0.4) is 0 Å². The first-order chi connectivity index (χ1) is 9.22. The summed E-state index contributed by atoms with van der Waals surface area (Å²) in [5, 5.41) is 9.22. The van der Waals surface area contributed by atoms with E-state index in [9.17, 15) is 14.9 Å². The van der Waals surface area contributed by atoms with E-state index >= 15 is 0 Å². The molecular weight excluding hydrogens is 252 g/mol. The first kappa shape index (κ1) is 14.8. The van der Waals surface area contributed by atoms with Gasteiger partial charge in [0.1, 0.15) is 6.07 Å². The Bertz CT molecular complexity index is 527. The second kappa shape index (κ2) is 4.73. The molecule has 2 rings (SSSR count). The summed E-state index contributed by atoms with van der Waals surface area (Å²) in [4.78, 5) is 26.0. The molecule has 20 heavy (non-hydrogen) atoms. The van der Waals surface area contributed by atoms with Crippen molar-refractivity contribution in [2.45, 2.75) is 40.5 Å². The smallest absolute Gasteiger partial charge is 0.219 e. The van der Waals surface area contributed by atoms with Gasteiger partial charge < -0.3 is 4.90 Å². The second-order valence-electron chi connectivity index (χ2n) is 6.86. The van der Waals surface area contributed by atoms with E-state index in [-0.39, 0.29) is 28.6 Å². The van der Waals surface area contributed by atoms with Crippen LogP contribution in [0.1, 0.15) is 40.5 Å². The summed E-state index contributed by atoms with van der Waals surface area (Å²) in [6.07, 6.45) is 3.63. The van der Waals surface area contributed by atoms with Crippen molar-refractivity contribution in [2.24, 2.45) is 16.7 Å². The lowest BCUT2D eigenvalue weighted by Crippen LogP contribution is -2.50. The molecule has 0 N–H and O–H groups in total. The molecule has 4 nitrogen and oxygen atoms in total. The van der Waals surface area contributed by atoms with Crippen molar-refractivity contribution in [3.8, 4) is 6.07 Å². The number of Topliss-reactive ketones (excluding diaryl/α,β-unsaturated/α-hetero) is 1. The Morgan fingerprint density at radius 1 is 1.45 bits per heavy atom. The molecule has 2 atom stereocenters. The van der Waals surface area contributed by atoms with Crippen molar-refractivity contribution < 1.29 is 9.59 Å². The van der Waals surface area contributed by atoms with Gasteiger partial charge in [0.25, 0.3) is 0 Å². The van der Waals surface area contributed by atoms with Gasteiger partial charge in [0.15, 0.2) is 5.78 Å². The fourth-order valence-corrected chi connectivity index (χ4v) is 4.00. The predicted molar refractivity (Wildman–Crippen MR) is 75.6 cm³/mol. The van der Waals surface area contributed by atoms with Gasteiger partial charge in [-0.15, -0.1) is 0 Å². The lowest BCUT2D eigenvalue weighted by molar-refractivity contribution is -0.132. The van der Waals surface area contributed by atoms with Crippen molar-refractivity contribution in [2.75, 3.05) is 13.1 Å². The van der Waals surface area contributed by atoms with Crippen LogP contribution in [0.25, 0.3) is 0 Å². The molecule has 1 amide bonds. The average molecular weight is 274 g/mol. The van der Waals surface area contributed by atoms with E-state index in [2.05, 4.69) is 6.92 Å². The standard InChI is InChI=1S/C16H22N2O2/c1-11(19)18-7-5-6-13-15(2,3)14(20)12(9-17)8-16(13,4)10-18/h8,13H,5-7,10H2,1-4H3/t13-,16+/m0/s1. The Hall–Kier alpha value is -1.63. The van der Waals surface area contributed by atoms with Crippen molar-refractivity contribution in [3.63, 3.8) is 0 Å². The number of allylic oxidation sites excluding steroid dienone is 1. The molecule has 0 bridgehead atoms. The highest BCUT2D eigenvalue weighted by Gasteiger charge is 2.52. The van der Waals surface area contributed by atoms with E-state index in [1.54, 1.807) is 6.92 Å². The number of rotatable bonds is 0. The number of nitriles is 1. The molecule has 1 saturated heterocycles. The van der Waals surface area contributed by atoms with Gasteiger partial charge in [-0.3, -0.25) is 9.59 Å². The van der Waals surface area contributed by atoms with Crippen LogP contribution in [0, 0.1) is 28.1 Å². The topological polar surface area (TPSA) is 61.2 Å². The molecule has 108 valence electrons. The highest BCUT2D eigenvalue weighted by molar-refractivity contribution is 6.04. The SMILES string of the molecule is CC(=O)N1CCC[C@H]2C(C)(C)C(=O)C(C#N)=C[C@]2(C)C1. The van der Waals surface area contributed by atoms with E-state index in [1.807, 2.05) is 30.9 Å². The lowest BCUT2D eigenvalue weighted by Gasteiger charge is -2.47. The van der Waals surface area contributed by atoms with Gasteiger partial charge in [-0.05, 0) is 18.8 Å². The molecular formula is C16H22N2O2. The number of hydrogen-bond donors (Lipinski definition) is 0. The molecule has 0 unspecified atom stereocenters. The second-order valence-corrected chi connectivity index (χ2v) is 6.86. The van der Waals surface area contributed by atoms with Crippen LogP contribution in [-0.2, 0) is 9.59 Å². The maximum absolute atomic E-state index is 12.4. The largest absolute Gasteiger partial charge is 0.342 e. The molecule has 1 heterocycles. The summed E-state index contributed by atoms with van der Waals surface area (Å²) in [6.45, 7) is 8.86. The molecule has 0 aromatic heterocycles. The van der Waals surface area contributed by atoms with Crippen molar-refractivity contribution in [1.29, 1.82) is 5.26 Å². The molecule has 0 aromatic carbocycles. The summed E-state index contributed by atoms with van der Waals surface area (Å²) in [5.74, 6) is 0.177. The van der Waals surface area contributed by atoms with Gasteiger partial charge in [-0.1, -0.05) is 26.8 Å². The predicted octanol–water partition coefficient (Wildman–Crippen LogP) is 2.31. The van der Waals surface area contributed by atoms with Gasteiger partial charge in [-0.25, -0.2) is 0 Å². The van der Waals surface area contributed by atoms with Crippen molar-refractivity contribution in [1.82, 2.24) is 4.90 Å². The number of likely N-dealkylation sites (tertiary alicyclic amines) is 1. The zero-order chi connectivity index (χ0) is 15.1. The van der Waals surface area contributed by atoms with Crippen molar-refractivity contribution in [3.05, 3.63) is 11.6 Å². The number of carbonyl (C=O) groups excluding carboxylic acids is 2. The van der Waals surface area contributed by atoms with Gasteiger partial charge in [0, 0.05) is 30.8 Å². The summed E-state index contributed by atoms with van der Waals surface area (Å²) in [7, 11) is 0. The van der Waals surface area contributed by atoms with Crippen molar-refractivity contribution >= 4 is 11.7 Å². The average Bonchev–Trinajstić information content (AvgIpc) is 2.54. The Kier molecular flexibility index (Phi) is 3.49. The minimum absolute atomic E-state index is 0.0567. The number of amides is 1. The summed E-state index contributed by atoms with van der Waals surface area (Å²) >= 11 is 0. The van der Waals surface area contributed by atoms with Gasteiger partial charge >= 0.3 is 0 Å². The molecule has 4 heteroatoms. The minimum Gasteiger partial charge on any atom is -0.342 e. The molecule has 0 aromatic rings. The zero-order valence-corrected chi connectivity index (χ0v) is 12.7. The number of fused-ring (bicyclic) bond motifs is 1. The Morgan fingerprint density at radius 3 is 2.65 bits per heavy atom. The van der Waals surface area contributed by atoms with E-state index in [4.69, 9.17) is 0 Å². The van der Waals surface area contributed by atoms with Crippen LogP contribution in [0.15, 0.2) is 11.6 Å². The van der Waals surface area contributed by atoms with Gasteiger partial charge in [0.05, 0.1) is 5.57 Å². The number of ketones is 1. The maximum Gasteiger partial charge on any atom is 0.219 e. The normalized spacial score (nSPS) is 32.8. The minimum atomic E-state index is -0.540. The zero-order valence-electron chi connectivity index (χ0n) is 12.7.